The van der Waals surface area contributed by atoms with Gasteiger partial charge in [-0.3, -0.25) is 9.18 Å². The summed E-state index contributed by atoms with van der Waals surface area (Å²) < 4.78 is 98.2. The molecule has 0 aliphatic carbocycles. The van der Waals surface area contributed by atoms with E-state index in [1.54, 1.807) is 54.7 Å². The molecule has 0 saturated carbocycles. The second kappa shape index (κ2) is 27.3. The standard InChI is InChI=1S/C54H91F2N5O15S/c1-15-42-54(10,67)47(63)35(6)60(12)29-31(2)26-52(8,66)49(33(4)45(34(5)50(65)74-42)75-43-27-53(9,71-14)48(64)36(7)73-43)76-51-44(62)40(25-32(3)72-51)59(11)23-21-38-30-61(58-57-38)41(28-56)46(70-13)37-17-19-39(20-18-37)77(68,69)24-16-22-55/h17-20,30-36,40-49,51,62-64,66-67H,15-16,21-29H2,1-14H3/t31-,32-,33+,34-,35-,36+,40+,41-,42-,43+,44-,45+,46-,47-,48+,49-,51+,52-,53-,54-/m1/s1. The van der Waals surface area contributed by atoms with Gasteiger partial charge in [0, 0.05) is 64.3 Å². The Balaban J connectivity index is 1.42. The molecule has 23 heteroatoms. The van der Waals surface area contributed by atoms with Crippen LogP contribution in [0.25, 0.3) is 0 Å². The van der Waals surface area contributed by atoms with Crippen LogP contribution in [0, 0.1) is 17.8 Å². The maximum Gasteiger partial charge on any atom is 0.311 e. The number of halogens is 2. The Hall–Kier alpha value is -2.88. The molecule has 0 spiro atoms. The van der Waals surface area contributed by atoms with Crippen molar-refractivity contribution in [3.8, 4) is 0 Å². The number of rotatable bonds is 19. The van der Waals surface area contributed by atoms with Gasteiger partial charge in [0.25, 0.3) is 0 Å². The average molecular weight is 1120 g/mol. The molecule has 77 heavy (non-hydrogen) atoms. The predicted molar refractivity (Wildman–Crippen MR) is 281 cm³/mol. The SMILES string of the molecule is CC[C@H]1OC(=O)[C@H](C)[C@@H](O[C@H]2C[C@@](C)(OC)[C@@H](O)[C@H](C)O2)[C@H](C)[C@@H](O[C@@H]2O[C@H](C)C[C@H](N(C)CCc3cn([C@H](CF)[C@H](OC)c4ccc(S(=O)(=O)CCCF)cc4)nn3)[C@H]2O)[C@](C)(O)C[C@@H](C)CN(C)[C@H](C)[C@@H](O)[C@]1(C)O. The Labute approximate surface area is 454 Å². The second-order valence-electron chi connectivity index (χ2n) is 22.9. The molecule has 3 aliphatic heterocycles. The lowest BCUT2D eigenvalue weighted by Crippen LogP contribution is -2.61. The fourth-order valence-electron chi connectivity index (χ4n) is 11.7. The highest BCUT2D eigenvalue weighted by molar-refractivity contribution is 7.91. The first kappa shape index (κ1) is 64.9. The number of alkyl halides is 2. The minimum atomic E-state index is -3.70. The quantitative estimate of drug-likeness (QED) is 0.124. The number of benzene rings is 1. The number of aliphatic hydroxyl groups is 5. The normalized spacial score (nSPS) is 38.4. The van der Waals surface area contributed by atoms with E-state index < -0.39 is 143 Å². The largest absolute Gasteiger partial charge is 0.459 e. The topological polar surface area (TPSA) is 254 Å². The molecule has 2 aromatic rings. The van der Waals surface area contributed by atoms with Gasteiger partial charge < -0.3 is 68.5 Å². The van der Waals surface area contributed by atoms with E-state index in [1.807, 2.05) is 37.7 Å². The van der Waals surface area contributed by atoms with Crippen LogP contribution in [0.3, 0.4) is 0 Å². The first-order valence-corrected chi connectivity index (χ1v) is 28.8. The Morgan fingerprint density at radius 2 is 1.62 bits per heavy atom. The Bertz CT molecular complexity index is 2270. The van der Waals surface area contributed by atoms with E-state index in [9.17, 15) is 47.5 Å². The molecule has 1 aromatic heterocycles. The number of cyclic esters (lactones) is 1. The molecule has 3 fully saturated rings. The summed E-state index contributed by atoms with van der Waals surface area (Å²) >= 11 is 0. The van der Waals surface area contributed by atoms with E-state index in [-0.39, 0.29) is 42.2 Å². The molecule has 20 atom stereocenters. The summed E-state index contributed by atoms with van der Waals surface area (Å²) in [6.45, 7) is 16.3. The summed E-state index contributed by atoms with van der Waals surface area (Å²) in [5, 5.41) is 68.4. The third kappa shape index (κ3) is 15.4. The van der Waals surface area contributed by atoms with Gasteiger partial charge in [-0.15, -0.1) is 5.10 Å². The third-order valence-corrected chi connectivity index (χ3v) is 18.4. The number of carbonyl (C=O) groups is 1. The van der Waals surface area contributed by atoms with Crippen LogP contribution < -0.4 is 0 Å². The molecule has 3 saturated heterocycles. The number of hydrogen-bond acceptors (Lipinski definition) is 19. The molecule has 20 nitrogen and oxygen atoms in total. The van der Waals surface area contributed by atoms with Crippen LogP contribution in [-0.4, -0.2) is 216 Å². The van der Waals surface area contributed by atoms with Gasteiger partial charge in [0.1, 0.15) is 48.8 Å². The van der Waals surface area contributed by atoms with Gasteiger partial charge in [0.15, 0.2) is 22.4 Å². The highest BCUT2D eigenvalue weighted by atomic mass is 32.2. The monoisotopic (exact) mass is 1120 g/mol. The van der Waals surface area contributed by atoms with Gasteiger partial charge in [-0.25, -0.2) is 17.5 Å². The number of aliphatic hydroxyl groups excluding tert-OH is 3. The zero-order valence-corrected chi connectivity index (χ0v) is 48.5. The van der Waals surface area contributed by atoms with Gasteiger partial charge in [0.05, 0.1) is 64.6 Å². The van der Waals surface area contributed by atoms with Gasteiger partial charge in [-0.1, -0.05) is 38.1 Å². The van der Waals surface area contributed by atoms with Crippen molar-refractivity contribution in [2.75, 3.05) is 60.5 Å². The number of ether oxygens (including phenoxy) is 7. The third-order valence-electron chi connectivity index (χ3n) is 16.6. The van der Waals surface area contributed by atoms with Crippen LogP contribution >= 0.6 is 0 Å². The van der Waals surface area contributed by atoms with Gasteiger partial charge in [0.2, 0.25) is 0 Å². The van der Waals surface area contributed by atoms with Gasteiger partial charge in [-0.2, -0.15) is 0 Å². The van der Waals surface area contributed by atoms with Crippen molar-refractivity contribution in [3.05, 3.63) is 41.7 Å². The average Bonchev–Trinajstić information content (AvgIpc) is 3.86. The van der Waals surface area contributed by atoms with E-state index in [0.717, 1.165) is 0 Å². The minimum absolute atomic E-state index is 0.0249. The van der Waals surface area contributed by atoms with Crippen LogP contribution in [0.5, 0.6) is 0 Å². The summed E-state index contributed by atoms with van der Waals surface area (Å²) in [4.78, 5) is 18.4. The minimum Gasteiger partial charge on any atom is -0.459 e. The molecule has 5 rings (SSSR count). The number of aromatic nitrogens is 3. The van der Waals surface area contributed by atoms with Crippen LogP contribution in [0.15, 0.2) is 35.4 Å². The molecule has 3 aliphatic rings. The van der Waals surface area contributed by atoms with Crippen molar-refractivity contribution in [1.29, 1.82) is 0 Å². The number of sulfone groups is 1. The first-order chi connectivity index (χ1) is 36.0. The number of carbonyl (C=O) groups excluding carboxylic acids is 1. The highest BCUT2D eigenvalue weighted by Gasteiger charge is 2.53. The summed E-state index contributed by atoms with van der Waals surface area (Å²) in [5.41, 5.74) is -3.64. The lowest BCUT2D eigenvalue weighted by molar-refractivity contribution is -0.318. The van der Waals surface area contributed by atoms with E-state index >= 15 is 0 Å². The maximum absolute atomic E-state index is 14.9. The number of esters is 1. The van der Waals surface area contributed by atoms with Crippen molar-refractivity contribution in [2.24, 2.45) is 17.8 Å². The molecule has 0 radical (unpaired) electrons. The summed E-state index contributed by atoms with van der Waals surface area (Å²) in [7, 11) is 2.84. The molecule has 4 heterocycles. The number of methoxy groups -OCH3 is 2. The predicted octanol–water partition coefficient (Wildman–Crippen LogP) is 4.14. The van der Waals surface area contributed by atoms with Crippen molar-refractivity contribution in [2.45, 2.75) is 215 Å². The van der Waals surface area contributed by atoms with Crippen molar-refractivity contribution >= 4 is 15.8 Å². The Morgan fingerprint density at radius 1 is 0.961 bits per heavy atom. The van der Waals surface area contributed by atoms with Crippen LogP contribution in [0.4, 0.5) is 8.78 Å². The van der Waals surface area contributed by atoms with Gasteiger partial charge in [-0.05, 0) is 112 Å². The van der Waals surface area contributed by atoms with E-state index in [4.69, 9.17) is 33.2 Å². The molecule has 0 unspecified atom stereocenters. The molecule has 5 N–H and O–H groups in total. The lowest BCUT2D eigenvalue weighted by atomic mass is 9.77. The summed E-state index contributed by atoms with van der Waals surface area (Å²) in [6, 6.07) is 3.75. The first-order valence-electron chi connectivity index (χ1n) is 27.2. The van der Waals surface area contributed by atoms with E-state index in [1.165, 1.54) is 50.1 Å². The fraction of sp³-hybridized carbons (Fsp3) is 0.833. The molecule has 442 valence electrons. The molecule has 0 amide bonds. The Morgan fingerprint density at radius 3 is 2.22 bits per heavy atom. The van der Waals surface area contributed by atoms with Crippen LogP contribution in [-0.2, 0) is 54.2 Å². The van der Waals surface area contributed by atoms with Crippen molar-refractivity contribution < 1.29 is 80.7 Å². The Kier molecular flexibility index (Phi) is 23.0. The van der Waals surface area contributed by atoms with E-state index in [2.05, 4.69) is 10.3 Å². The van der Waals surface area contributed by atoms with Crippen LogP contribution in [0.2, 0.25) is 0 Å². The van der Waals surface area contributed by atoms with Crippen LogP contribution in [0.1, 0.15) is 125 Å². The summed E-state index contributed by atoms with van der Waals surface area (Å²) in [6.07, 6.45) is -8.90. The number of hydrogen-bond donors (Lipinski definition) is 5. The fourth-order valence-corrected chi connectivity index (χ4v) is 13.0. The molecule has 0 bridgehead atoms. The highest BCUT2D eigenvalue weighted by Crippen LogP contribution is 2.41. The van der Waals surface area contributed by atoms with Crippen molar-refractivity contribution in [1.82, 2.24) is 24.8 Å². The zero-order chi connectivity index (χ0) is 57.5. The number of likely N-dealkylation sites (N-methyl/N-ethyl adjacent to an activating group) is 2. The van der Waals surface area contributed by atoms with E-state index in [0.29, 0.717) is 37.2 Å². The molecular formula is C54H91F2N5O15S. The molecular weight excluding hydrogens is 1030 g/mol. The zero-order valence-electron chi connectivity index (χ0n) is 47.7. The molecule has 1 aromatic carbocycles. The number of nitrogens with zero attached hydrogens (tertiary/aromatic N) is 5. The summed E-state index contributed by atoms with van der Waals surface area (Å²) in [5.74, 6) is -3.31. The van der Waals surface area contributed by atoms with Crippen molar-refractivity contribution in [3.63, 3.8) is 0 Å². The van der Waals surface area contributed by atoms with Gasteiger partial charge >= 0.3 is 5.97 Å². The smallest absolute Gasteiger partial charge is 0.311 e. The lowest BCUT2D eigenvalue weighted by Gasteiger charge is -2.49. The maximum atomic E-state index is 14.9. The second-order valence-corrected chi connectivity index (χ2v) is 25.0.